The summed E-state index contributed by atoms with van der Waals surface area (Å²) in [6.07, 6.45) is 0. The number of nitrogens with zero attached hydrogens (tertiary/aromatic N) is 2. The van der Waals surface area contributed by atoms with E-state index in [-0.39, 0.29) is 22.8 Å². The highest BCUT2D eigenvalue weighted by molar-refractivity contribution is 8.00. The Morgan fingerprint density at radius 1 is 1.04 bits per heavy atom. The topological polar surface area (TPSA) is 115 Å². The van der Waals surface area contributed by atoms with E-state index >= 15 is 0 Å². The second-order valence-electron chi connectivity index (χ2n) is 4.51. The van der Waals surface area contributed by atoms with Crippen LogP contribution in [0, 0.1) is 26.0 Å². The average Bonchev–Trinajstić information content (AvgIpc) is 2.55. The van der Waals surface area contributed by atoms with Gasteiger partial charge in [-0.3, -0.25) is 25.0 Å². The van der Waals surface area contributed by atoms with Gasteiger partial charge < -0.3 is 5.32 Å². The van der Waals surface area contributed by atoms with Gasteiger partial charge in [-0.1, -0.05) is 0 Å². The Morgan fingerprint density at radius 2 is 1.62 bits per heavy atom. The summed E-state index contributed by atoms with van der Waals surface area (Å²) in [7, 11) is 0. The minimum Gasteiger partial charge on any atom is -0.323 e. The molecule has 0 saturated heterocycles. The predicted octanol–water partition coefficient (Wildman–Crippen LogP) is 3.37. The fourth-order valence-corrected chi connectivity index (χ4v) is 2.42. The first-order valence-corrected chi connectivity index (χ1v) is 7.46. The van der Waals surface area contributed by atoms with E-state index in [0.717, 1.165) is 30.0 Å². The minimum absolute atomic E-state index is 0.0672. The third-order valence-electron chi connectivity index (χ3n) is 2.85. The van der Waals surface area contributed by atoms with Gasteiger partial charge in [0.1, 0.15) is 5.82 Å². The van der Waals surface area contributed by atoms with Gasteiger partial charge in [0.25, 0.3) is 11.4 Å². The smallest absolute Gasteiger partial charge is 0.271 e. The molecule has 10 heteroatoms. The number of hydrogen-bond donors (Lipinski definition) is 1. The van der Waals surface area contributed by atoms with Gasteiger partial charge in [-0.25, -0.2) is 4.39 Å². The molecule has 0 saturated carbocycles. The van der Waals surface area contributed by atoms with Crippen LogP contribution in [0.3, 0.4) is 0 Å². The number of halogens is 1. The first-order chi connectivity index (χ1) is 11.4. The van der Waals surface area contributed by atoms with Crippen LogP contribution in [-0.2, 0) is 4.79 Å². The number of rotatable bonds is 6. The van der Waals surface area contributed by atoms with Crippen LogP contribution < -0.4 is 5.32 Å². The Kier molecular flexibility index (Phi) is 5.42. The molecule has 0 unspecified atom stereocenters. The van der Waals surface area contributed by atoms with Crippen LogP contribution in [0.5, 0.6) is 0 Å². The van der Waals surface area contributed by atoms with E-state index in [1.807, 2.05) is 0 Å². The van der Waals surface area contributed by atoms with E-state index in [1.54, 1.807) is 0 Å². The second-order valence-corrected chi connectivity index (χ2v) is 5.56. The monoisotopic (exact) mass is 351 g/mol. The molecule has 8 nitrogen and oxygen atoms in total. The molecule has 1 amide bonds. The first-order valence-electron chi connectivity index (χ1n) is 6.48. The number of nitrogens with one attached hydrogen (secondary N) is 1. The zero-order chi connectivity index (χ0) is 17.7. The van der Waals surface area contributed by atoms with Crippen molar-refractivity contribution in [3.05, 3.63) is 68.5 Å². The van der Waals surface area contributed by atoms with E-state index in [0.29, 0.717) is 4.90 Å². The molecule has 0 fully saturated rings. The number of benzene rings is 2. The van der Waals surface area contributed by atoms with Crippen LogP contribution in [0.2, 0.25) is 0 Å². The Labute approximate surface area is 139 Å². The summed E-state index contributed by atoms with van der Waals surface area (Å²) in [4.78, 5) is 32.4. The van der Waals surface area contributed by atoms with Gasteiger partial charge in [-0.05, 0) is 18.2 Å². The number of non-ortho nitro benzene ring substituents is 2. The quantitative estimate of drug-likeness (QED) is 0.484. The molecule has 0 bridgehead atoms. The molecule has 1 N–H and O–H groups in total. The van der Waals surface area contributed by atoms with Crippen LogP contribution in [0.15, 0.2) is 47.4 Å². The highest BCUT2D eigenvalue weighted by Gasteiger charge is 2.13. The SMILES string of the molecule is O=C(CSc1ccc([N+](=O)[O-])cc1)Nc1cc([N+](=O)[O-])ccc1F. The summed E-state index contributed by atoms with van der Waals surface area (Å²) in [6, 6.07) is 8.42. The molecule has 2 aromatic carbocycles. The molecule has 0 aliphatic heterocycles. The number of amides is 1. The Balaban J connectivity index is 1.97. The maximum absolute atomic E-state index is 13.6. The summed E-state index contributed by atoms with van der Waals surface area (Å²) in [5.74, 6) is -1.42. The van der Waals surface area contributed by atoms with Crippen LogP contribution in [0.25, 0.3) is 0 Å². The fraction of sp³-hybridized carbons (Fsp3) is 0.0714. The van der Waals surface area contributed by atoms with Crippen molar-refractivity contribution in [2.75, 3.05) is 11.1 Å². The molecule has 24 heavy (non-hydrogen) atoms. The number of nitro benzene ring substituents is 2. The molecule has 2 rings (SSSR count). The molecule has 0 heterocycles. The lowest BCUT2D eigenvalue weighted by Gasteiger charge is -2.06. The average molecular weight is 351 g/mol. The van der Waals surface area contributed by atoms with Gasteiger partial charge >= 0.3 is 0 Å². The molecule has 0 aliphatic carbocycles. The maximum atomic E-state index is 13.6. The lowest BCUT2D eigenvalue weighted by molar-refractivity contribution is -0.385. The van der Waals surface area contributed by atoms with Gasteiger partial charge in [-0.15, -0.1) is 11.8 Å². The molecule has 0 aromatic heterocycles. The maximum Gasteiger partial charge on any atom is 0.271 e. The van der Waals surface area contributed by atoms with Gasteiger partial charge in [0.2, 0.25) is 5.91 Å². The molecule has 0 radical (unpaired) electrons. The van der Waals surface area contributed by atoms with Gasteiger partial charge in [0, 0.05) is 29.2 Å². The molecule has 0 spiro atoms. The Bertz CT molecular complexity index is 797. The highest BCUT2D eigenvalue weighted by Crippen LogP contribution is 2.23. The Hall–Kier alpha value is -3.01. The highest BCUT2D eigenvalue weighted by atomic mass is 32.2. The van der Waals surface area contributed by atoms with Gasteiger partial charge in [0.05, 0.1) is 21.3 Å². The van der Waals surface area contributed by atoms with Crippen molar-refractivity contribution >= 4 is 34.7 Å². The Morgan fingerprint density at radius 3 is 2.21 bits per heavy atom. The van der Waals surface area contributed by atoms with Crippen molar-refractivity contribution in [3.63, 3.8) is 0 Å². The van der Waals surface area contributed by atoms with Crippen molar-refractivity contribution in [1.82, 2.24) is 0 Å². The summed E-state index contributed by atoms with van der Waals surface area (Å²) in [6.45, 7) is 0. The normalized spacial score (nSPS) is 10.2. The van der Waals surface area contributed by atoms with Crippen molar-refractivity contribution in [3.8, 4) is 0 Å². The van der Waals surface area contributed by atoms with E-state index in [9.17, 15) is 29.4 Å². The van der Waals surface area contributed by atoms with Gasteiger partial charge in [-0.2, -0.15) is 0 Å². The number of thioether (sulfide) groups is 1. The third-order valence-corrected chi connectivity index (χ3v) is 3.86. The van der Waals surface area contributed by atoms with E-state index in [1.165, 1.54) is 24.3 Å². The number of carbonyl (C=O) groups excluding carboxylic acids is 1. The summed E-state index contributed by atoms with van der Waals surface area (Å²) < 4.78 is 13.6. The van der Waals surface area contributed by atoms with Crippen LogP contribution in [-0.4, -0.2) is 21.5 Å². The van der Waals surface area contributed by atoms with Gasteiger partial charge in [0.15, 0.2) is 0 Å². The standard InChI is InChI=1S/C14H10FN3O5S/c15-12-6-3-10(18(22)23)7-13(12)16-14(19)8-24-11-4-1-9(2-5-11)17(20)21/h1-7H,8H2,(H,16,19). The van der Waals surface area contributed by atoms with Crippen LogP contribution >= 0.6 is 11.8 Å². The van der Waals surface area contributed by atoms with Crippen molar-refractivity contribution in [2.45, 2.75) is 4.90 Å². The molecule has 0 aliphatic rings. The molecule has 0 atom stereocenters. The summed E-state index contributed by atoms with van der Waals surface area (Å²) in [5, 5.41) is 23.5. The molecular weight excluding hydrogens is 341 g/mol. The molecular formula is C14H10FN3O5S. The lowest BCUT2D eigenvalue weighted by atomic mass is 10.2. The molecule has 2 aromatic rings. The van der Waals surface area contributed by atoms with Crippen molar-refractivity contribution in [1.29, 1.82) is 0 Å². The number of nitro groups is 2. The van der Waals surface area contributed by atoms with Crippen LogP contribution in [0.1, 0.15) is 0 Å². The summed E-state index contributed by atoms with van der Waals surface area (Å²) in [5.41, 5.74) is -0.685. The minimum atomic E-state index is -0.783. The second kappa shape index (κ2) is 7.51. The van der Waals surface area contributed by atoms with Crippen molar-refractivity contribution < 1.29 is 19.0 Å². The zero-order valence-electron chi connectivity index (χ0n) is 12.0. The first kappa shape index (κ1) is 17.3. The van der Waals surface area contributed by atoms with E-state index in [2.05, 4.69) is 5.32 Å². The summed E-state index contributed by atoms with van der Waals surface area (Å²) >= 11 is 1.09. The van der Waals surface area contributed by atoms with Crippen molar-refractivity contribution in [2.24, 2.45) is 0 Å². The predicted molar refractivity (Wildman–Crippen MR) is 85.5 cm³/mol. The number of anilines is 1. The molecule has 124 valence electrons. The number of hydrogen-bond acceptors (Lipinski definition) is 6. The fourth-order valence-electron chi connectivity index (χ4n) is 1.72. The third kappa shape index (κ3) is 4.49. The number of carbonyl (C=O) groups is 1. The van der Waals surface area contributed by atoms with E-state index < -0.39 is 21.6 Å². The van der Waals surface area contributed by atoms with E-state index in [4.69, 9.17) is 0 Å². The largest absolute Gasteiger partial charge is 0.323 e. The lowest BCUT2D eigenvalue weighted by Crippen LogP contribution is -2.15. The zero-order valence-corrected chi connectivity index (χ0v) is 12.8. The van der Waals surface area contributed by atoms with Crippen LogP contribution in [0.4, 0.5) is 21.5 Å².